The van der Waals surface area contributed by atoms with E-state index in [2.05, 4.69) is 16.5 Å². The minimum atomic E-state index is -0.467. The summed E-state index contributed by atoms with van der Waals surface area (Å²) >= 11 is 0. The van der Waals surface area contributed by atoms with Crippen molar-refractivity contribution in [3.05, 3.63) is 35.1 Å². The molecule has 2 heterocycles. The van der Waals surface area contributed by atoms with Crippen molar-refractivity contribution in [3.8, 4) is 0 Å². The van der Waals surface area contributed by atoms with Crippen LogP contribution in [0.25, 0.3) is 16.7 Å². The van der Waals surface area contributed by atoms with Crippen LogP contribution in [0.3, 0.4) is 0 Å². The van der Waals surface area contributed by atoms with Crippen LogP contribution in [0.15, 0.2) is 28.2 Å². The van der Waals surface area contributed by atoms with Crippen LogP contribution in [0, 0.1) is 0 Å². The Morgan fingerprint density at radius 1 is 1.62 bits per heavy atom. The molecule has 0 unspecified atom stereocenters. The predicted octanol–water partition coefficient (Wildman–Crippen LogP) is 1.55. The molecular weight excluding hydrogens is 168 g/mol. The van der Waals surface area contributed by atoms with E-state index in [1.165, 1.54) is 6.20 Å². The second-order valence-corrected chi connectivity index (χ2v) is 2.86. The van der Waals surface area contributed by atoms with E-state index >= 15 is 0 Å². The van der Waals surface area contributed by atoms with Gasteiger partial charge in [-0.1, -0.05) is 6.58 Å². The number of H-pyrrole nitrogens is 1. The summed E-state index contributed by atoms with van der Waals surface area (Å²) in [5.74, 6) is -0.467. The Hall–Kier alpha value is -1.84. The quantitative estimate of drug-likeness (QED) is 0.717. The molecule has 0 bridgehead atoms. The fraction of sp³-hybridized carbons (Fsp3) is 0.111. The third kappa shape index (κ3) is 1.16. The van der Waals surface area contributed by atoms with Gasteiger partial charge in [-0.15, -0.1) is 0 Å². The number of fused-ring (bicyclic) bond motifs is 1. The highest BCUT2D eigenvalue weighted by Crippen LogP contribution is 2.19. The number of hydrogen-bond donors (Lipinski definition) is 1. The standard InChI is InChI=1S/C9H8N2O2/c1-5(2)6-3-10-4-7-8(6)11-9(12)13-7/h3-4H,1H2,2H3,(H,11,12). The van der Waals surface area contributed by atoms with E-state index in [1.54, 1.807) is 6.20 Å². The number of aromatic nitrogens is 2. The molecule has 0 fully saturated rings. The highest BCUT2D eigenvalue weighted by molar-refractivity contribution is 5.85. The molecule has 66 valence electrons. The van der Waals surface area contributed by atoms with Crippen molar-refractivity contribution in [1.82, 2.24) is 9.97 Å². The Morgan fingerprint density at radius 2 is 2.38 bits per heavy atom. The molecule has 2 aromatic rings. The van der Waals surface area contributed by atoms with E-state index in [1.807, 2.05) is 6.92 Å². The molecule has 1 N–H and O–H groups in total. The molecule has 0 amide bonds. The van der Waals surface area contributed by atoms with Gasteiger partial charge in [-0.05, 0) is 12.5 Å². The van der Waals surface area contributed by atoms with E-state index < -0.39 is 5.76 Å². The highest BCUT2D eigenvalue weighted by atomic mass is 16.4. The van der Waals surface area contributed by atoms with Gasteiger partial charge in [0.15, 0.2) is 5.58 Å². The van der Waals surface area contributed by atoms with Crippen LogP contribution in [-0.2, 0) is 0 Å². The fourth-order valence-corrected chi connectivity index (χ4v) is 1.20. The maximum atomic E-state index is 10.9. The summed E-state index contributed by atoms with van der Waals surface area (Å²) in [5, 5.41) is 0. The molecule has 13 heavy (non-hydrogen) atoms. The Bertz CT molecular complexity index is 522. The van der Waals surface area contributed by atoms with Crippen LogP contribution in [0.5, 0.6) is 0 Å². The van der Waals surface area contributed by atoms with Crippen LogP contribution in [0.4, 0.5) is 0 Å². The molecule has 0 saturated carbocycles. The van der Waals surface area contributed by atoms with Crippen LogP contribution < -0.4 is 5.76 Å². The molecule has 0 aromatic carbocycles. The first-order valence-corrected chi connectivity index (χ1v) is 3.81. The summed E-state index contributed by atoms with van der Waals surface area (Å²) in [6, 6.07) is 0. The van der Waals surface area contributed by atoms with Gasteiger partial charge < -0.3 is 4.42 Å². The molecule has 0 aliphatic rings. The Kier molecular flexibility index (Phi) is 1.55. The summed E-state index contributed by atoms with van der Waals surface area (Å²) < 4.78 is 4.84. The monoisotopic (exact) mass is 176 g/mol. The van der Waals surface area contributed by atoms with Crippen molar-refractivity contribution in [1.29, 1.82) is 0 Å². The van der Waals surface area contributed by atoms with Crippen LogP contribution >= 0.6 is 0 Å². The van der Waals surface area contributed by atoms with Gasteiger partial charge in [-0.2, -0.15) is 0 Å². The SMILES string of the molecule is C=C(C)c1cncc2oc(=O)[nH]c12. The van der Waals surface area contributed by atoms with E-state index in [0.717, 1.165) is 11.1 Å². The lowest BCUT2D eigenvalue weighted by Gasteiger charge is -1.97. The van der Waals surface area contributed by atoms with Crippen LogP contribution in [-0.4, -0.2) is 9.97 Å². The van der Waals surface area contributed by atoms with Gasteiger partial charge in [0.25, 0.3) is 0 Å². The van der Waals surface area contributed by atoms with Crippen molar-refractivity contribution in [2.24, 2.45) is 0 Å². The van der Waals surface area contributed by atoms with Crippen LogP contribution in [0.2, 0.25) is 0 Å². The largest absolute Gasteiger partial charge is 0.417 e. The smallest absolute Gasteiger partial charge is 0.406 e. The average Bonchev–Trinajstić information content (AvgIpc) is 2.43. The molecule has 2 rings (SSSR count). The second-order valence-electron chi connectivity index (χ2n) is 2.86. The zero-order valence-corrected chi connectivity index (χ0v) is 7.13. The van der Waals surface area contributed by atoms with Gasteiger partial charge >= 0.3 is 5.76 Å². The lowest BCUT2D eigenvalue weighted by Crippen LogP contribution is -1.94. The van der Waals surface area contributed by atoms with Crippen molar-refractivity contribution >= 4 is 16.7 Å². The maximum Gasteiger partial charge on any atom is 0.417 e. The summed E-state index contributed by atoms with van der Waals surface area (Å²) in [6.45, 7) is 5.63. The Labute approximate surface area is 73.9 Å². The molecule has 4 nitrogen and oxygen atoms in total. The zero-order chi connectivity index (χ0) is 9.42. The number of aromatic amines is 1. The predicted molar refractivity (Wildman–Crippen MR) is 49.3 cm³/mol. The highest BCUT2D eigenvalue weighted by Gasteiger charge is 2.06. The number of nitrogens with one attached hydrogen (secondary N) is 1. The van der Waals surface area contributed by atoms with Crippen molar-refractivity contribution in [2.75, 3.05) is 0 Å². The molecule has 2 aromatic heterocycles. The van der Waals surface area contributed by atoms with Gasteiger partial charge in [0, 0.05) is 11.8 Å². The molecule has 0 radical (unpaired) electrons. The number of allylic oxidation sites excluding steroid dienone is 1. The summed E-state index contributed by atoms with van der Waals surface area (Å²) in [5.41, 5.74) is 2.77. The molecular formula is C9H8N2O2. The summed E-state index contributed by atoms with van der Waals surface area (Å²) in [6.07, 6.45) is 3.15. The number of oxazole rings is 1. The minimum absolute atomic E-state index is 0.463. The maximum absolute atomic E-state index is 10.9. The molecule has 0 atom stereocenters. The van der Waals surface area contributed by atoms with Gasteiger partial charge in [0.1, 0.15) is 0 Å². The first-order chi connectivity index (χ1) is 6.18. The lowest BCUT2D eigenvalue weighted by molar-refractivity contribution is 0.554. The summed E-state index contributed by atoms with van der Waals surface area (Å²) in [4.78, 5) is 17.4. The first kappa shape index (κ1) is 7.79. The zero-order valence-electron chi connectivity index (χ0n) is 7.13. The summed E-state index contributed by atoms with van der Waals surface area (Å²) in [7, 11) is 0. The molecule has 0 aliphatic carbocycles. The third-order valence-corrected chi connectivity index (χ3v) is 1.80. The van der Waals surface area contributed by atoms with E-state index in [-0.39, 0.29) is 0 Å². The van der Waals surface area contributed by atoms with Crippen LogP contribution in [0.1, 0.15) is 12.5 Å². The van der Waals surface area contributed by atoms with E-state index in [4.69, 9.17) is 4.42 Å². The van der Waals surface area contributed by atoms with E-state index in [0.29, 0.717) is 11.1 Å². The lowest BCUT2D eigenvalue weighted by atomic mass is 10.1. The average molecular weight is 176 g/mol. The van der Waals surface area contributed by atoms with Gasteiger partial charge in [0.2, 0.25) is 0 Å². The number of hydrogen-bond acceptors (Lipinski definition) is 3. The minimum Gasteiger partial charge on any atom is -0.406 e. The Morgan fingerprint density at radius 3 is 3.08 bits per heavy atom. The fourth-order valence-electron chi connectivity index (χ4n) is 1.20. The molecule has 0 spiro atoms. The number of rotatable bonds is 1. The second kappa shape index (κ2) is 2.58. The van der Waals surface area contributed by atoms with Crippen molar-refractivity contribution in [2.45, 2.75) is 6.92 Å². The first-order valence-electron chi connectivity index (χ1n) is 3.81. The number of nitrogens with zero attached hydrogens (tertiary/aromatic N) is 1. The van der Waals surface area contributed by atoms with E-state index in [9.17, 15) is 4.79 Å². The topological polar surface area (TPSA) is 58.9 Å². The van der Waals surface area contributed by atoms with Crippen molar-refractivity contribution < 1.29 is 4.42 Å². The van der Waals surface area contributed by atoms with Gasteiger partial charge in [-0.25, -0.2) is 4.79 Å². The normalized spacial score (nSPS) is 10.5. The van der Waals surface area contributed by atoms with Gasteiger partial charge in [-0.3, -0.25) is 9.97 Å². The molecule has 0 aliphatic heterocycles. The third-order valence-electron chi connectivity index (χ3n) is 1.80. The Balaban J connectivity index is 2.90. The number of pyridine rings is 1. The molecule has 0 saturated heterocycles. The van der Waals surface area contributed by atoms with Crippen molar-refractivity contribution in [3.63, 3.8) is 0 Å². The molecule has 4 heteroatoms. The van der Waals surface area contributed by atoms with Gasteiger partial charge in [0.05, 0.1) is 11.7 Å².